The molecule has 0 radical (unpaired) electrons. The fourth-order valence-corrected chi connectivity index (χ4v) is 3.57. The van der Waals surface area contributed by atoms with Gasteiger partial charge in [0.15, 0.2) is 11.6 Å². The quantitative estimate of drug-likeness (QED) is 0.758. The Morgan fingerprint density at radius 3 is 2.57 bits per heavy atom. The normalized spacial score (nSPS) is 21.5. The smallest absolute Gasteiger partial charge is 0.243 e. The lowest BCUT2D eigenvalue weighted by atomic mass is 10.2. The van der Waals surface area contributed by atoms with Crippen LogP contribution in [-0.2, 0) is 16.6 Å². The number of rotatable bonds is 7. The second kappa shape index (κ2) is 6.37. The highest BCUT2D eigenvalue weighted by Gasteiger charge is 2.37. The third kappa shape index (κ3) is 3.99. The lowest BCUT2D eigenvalue weighted by Crippen LogP contribution is -2.28. The molecule has 4 nitrogen and oxygen atoms in total. The Labute approximate surface area is 124 Å². The van der Waals surface area contributed by atoms with Crippen molar-refractivity contribution in [3.8, 4) is 0 Å². The highest BCUT2D eigenvalue weighted by atomic mass is 32.2. The molecular formula is C14H20F2N2O2S. The highest BCUT2D eigenvalue weighted by molar-refractivity contribution is 7.89. The van der Waals surface area contributed by atoms with Gasteiger partial charge in [-0.2, -0.15) is 0 Å². The molecule has 118 valence electrons. The number of nitrogens with one attached hydrogen (secondary N) is 2. The van der Waals surface area contributed by atoms with E-state index in [1.807, 2.05) is 13.8 Å². The number of sulfonamides is 1. The molecule has 2 atom stereocenters. The van der Waals surface area contributed by atoms with Crippen LogP contribution in [0.5, 0.6) is 0 Å². The third-order valence-corrected chi connectivity index (χ3v) is 5.01. The van der Waals surface area contributed by atoms with Gasteiger partial charge in [-0.25, -0.2) is 21.9 Å². The molecule has 2 rings (SSSR count). The van der Waals surface area contributed by atoms with Gasteiger partial charge in [0.25, 0.3) is 0 Å². The highest BCUT2D eigenvalue weighted by Crippen LogP contribution is 2.31. The minimum Gasteiger partial charge on any atom is -0.313 e. The average Bonchev–Trinajstić information content (AvgIpc) is 3.08. The van der Waals surface area contributed by atoms with Gasteiger partial charge in [0.1, 0.15) is 4.90 Å². The number of hydrogen-bond donors (Lipinski definition) is 2. The minimum absolute atomic E-state index is 0.181. The molecule has 1 aromatic carbocycles. The van der Waals surface area contributed by atoms with Crippen molar-refractivity contribution in [3.63, 3.8) is 0 Å². The van der Waals surface area contributed by atoms with Crippen molar-refractivity contribution < 1.29 is 17.2 Å². The molecule has 0 aromatic heterocycles. The zero-order chi connectivity index (χ0) is 15.6. The van der Waals surface area contributed by atoms with Crippen LogP contribution in [0.3, 0.4) is 0 Å². The van der Waals surface area contributed by atoms with Crippen LogP contribution in [-0.4, -0.2) is 21.0 Å². The summed E-state index contributed by atoms with van der Waals surface area (Å²) in [4.78, 5) is -0.616. The maximum absolute atomic E-state index is 13.8. The molecule has 1 aromatic rings. The zero-order valence-corrected chi connectivity index (χ0v) is 12.9. The van der Waals surface area contributed by atoms with E-state index in [1.165, 1.54) is 6.07 Å². The van der Waals surface area contributed by atoms with E-state index >= 15 is 0 Å². The van der Waals surface area contributed by atoms with Gasteiger partial charge in [0.2, 0.25) is 10.0 Å². The molecule has 1 fully saturated rings. The SMILES string of the molecule is CCCNCc1cc(F)c(F)c(S(=O)(=O)NC2CC2C)c1. The first-order chi connectivity index (χ1) is 9.85. The van der Waals surface area contributed by atoms with Crippen LogP contribution in [0.4, 0.5) is 8.78 Å². The molecule has 0 bridgehead atoms. The molecule has 0 aliphatic heterocycles. The summed E-state index contributed by atoms with van der Waals surface area (Å²) in [5, 5.41) is 3.03. The van der Waals surface area contributed by atoms with Gasteiger partial charge in [-0.3, -0.25) is 0 Å². The van der Waals surface area contributed by atoms with E-state index in [9.17, 15) is 17.2 Å². The molecule has 21 heavy (non-hydrogen) atoms. The summed E-state index contributed by atoms with van der Waals surface area (Å²) >= 11 is 0. The molecule has 7 heteroatoms. The maximum Gasteiger partial charge on any atom is 0.243 e. The van der Waals surface area contributed by atoms with E-state index in [0.29, 0.717) is 12.1 Å². The van der Waals surface area contributed by atoms with Crippen molar-refractivity contribution in [3.05, 3.63) is 29.3 Å². The van der Waals surface area contributed by atoms with Crippen LogP contribution in [0.25, 0.3) is 0 Å². The Morgan fingerprint density at radius 2 is 2.00 bits per heavy atom. The Balaban J connectivity index is 2.24. The van der Waals surface area contributed by atoms with E-state index in [0.717, 1.165) is 25.5 Å². The van der Waals surface area contributed by atoms with Crippen LogP contribution >= 0.6 is 0 Å². The molecule has 2 unspecified atom stereocenters. The monoisotopic (exact) mass is 318 g/mol. The summed E-state index contributed by atoms with van der Waals surface area (Å²) in [6.45, 7) is 4.90. The van der Waals surface area contributed by atoms with Crippen LogP contribution < -0.4 is 10.0 Å². The summed E-state index contributed by atoms with van der Waals surface area (Å²) in [6.07, 6.45) is 1.62. The van der Waals surface area contributed by atoms with Crippen molar-refractivity contribution in [1.82, 2.24) is 10.0 Å². The summed E-state index contributed by atoms with van der Waals surface area (Å²) in [6, 6.07) is 2.03. The maximum atomic E-state index is 13.8. The van der Waals surface area contributed by atoms with Crippen molar-refractivity contribution in [2.75, 3.05) is 6.54 Å². The van der Waals surface area contributed by atoms with E-state index < -0.39 is 26.6 Å². The molecule has 1 aliphatic carbocycles. The molecule has 0 spiro atoms. The first-order valence-corrected chi connectivity index (χ1v) is 8.54. The fourth-order valence-electron chi connectivity index (χ4n) is 2.07. The second-order valence-corrected chi connectivity index (χ2v) is 7.19. The Bertz CT molecular complexity index is 620. The van der Waals surface area contributed by atoms with Gasteiger partial charge >= 0.3 is 0 Å². The standard InChI is InChI=1S/C14H20F2N2O2S/c1-3-4-17-8-10-6-11(15)14(16)13(7-10)21(19,20)18-12-5-9(12)2/h6-7,9,12,17-18H,3-5,8H2,1-2H3. The molecule has 2 N–H and O–H groups in total. The zero-order valence-electron chi connectivity index (χ0n) is 12.1. The average molecular weight is 318 g/mol. The van der Waals surface area contributed by atoms with E-state index in [4.69, 9.17) is 0 Å². The van der Waals surface area contributed by atoms with Gasteiger partial charge in [-0.05, 0) is 43.0 Å². The fraction of sp³-hybridized carbons (Fsp3) is 0.571. The lowest BCUT2D eigenvalue weighted by Gasteiger charge is -2.10. The summed E-state index contributed by atoms with van der Waals surface area (Å²) in [5.41, 5.74) is 0.409. The van der Waals surface area contributed by atoms with Gasteiger partial charge < -0.3 is 5.32 Å². The molecule has 0 saturated heterocycles. The van der Waals surface area contributed by atoms with Crippen LogP contribution in [0.1, 0.15) is 32.3 Å². The minimum atomic E-state index is -4.03. The van der Waals surface area contributed by atoms with Crippen LogP contribution in [0, 0.1) is 17.6 Å². The summed E-state index contributed by atoms with van der Waals surface area (Å²) in [7, 11) is -4.03. The van der Waals surface area contributed by atoms with E-state index in [-0.39, 0.29) is 12.0 Å². The van der Waals surface area contributed by atoms with Crippen LogP contribution in [0.2, 0.25) is 0 Å². The van der Waals surface area contributed by atoms with E-state index in [2.05, 4.69) is 10.0 Å². The van der Waals surface area contributed by atoms with Crippen molar-refractivity contribution in [1.29, 1.82) is 0 Å². The van der Waals surface area contributed by atoms with Gasteiger partial charge in [-0.15, -0.1) is 0 Å². The molecule has 0 amide bonds. The van der Waals surface area contributed by atoms with Crippen molar-refractivity contribution >= 4 is 10.0 Å². The van der Waals surface area contributed by atoms with E-state index in [1.54, 1.807) is 0 Å². The molecule has 0 heterocycles. The Kier molecular flexibility index (Phi) is 4.95. The first kappa shape index (κ1) is 16.3. The lowest BCUT2D eigenvalue weighted by molar-refractivity contribution is 0.480. The van der Waals surface area contributed by atoms with Crippen molar-refractivity contribution in [2.45, 2.75) is 44.2 Å². The Hall–Kier alpha value is -1.05. The molecule has 1 saturated carbocycles. The molecular weight excluding hydrogens is 298 g/mol. The third-order valence-electron chi connectivity index (χ3n) is 3.52. The van der Waals surface area contributed by atoms with Crippen LogP contribution in [0.15, 0.2) is 17.0 Å². The van der Waals surface area contributed by atoms with Gasteiger partial charge in [0.05, 0.1) is 0 Å². The predicted octanol–water partition coefficient (Wildman–Crippen LogP) is 2.15. The Morgan fingerprint density at radius 1 is 1.33 bits per heavy atom. The molecule has 1 aliphatic rings. The second-order valence-electron chi connectivity index (χ2n) is 5.51. The van der Waals surface area contributed by atoms with Gasteiger partial charge in [0, 0.05) is 12.6 Å². The van der Waals surface area contributed by atoms with Crippen molar-refractivity contribution in [2.24, 2.45) is 5.92 Å². The number of benzene rings is 1. The predicted molar refractivity (Wildman–Crippen MR) is 76.2 cm³/mol. The topological polar surface area (TPSA) is 58.2 Å². The summed E-state index contributed by atoms with van der Waals surface area (Å²) in [5.74, 6) is -2.23. The largest absolute Gasteiger partial charge is 0.313 e. The number of halogens is 2. The van der Waals surface area contributed by atoms with Gasteiger partial charge in [-0.1, -0.05) is 13.8 Å². The number of hydrogen-bond acceptors (Lipinski definition) is 3. The summed E-state index contributed by atoms with van der Waals surface area (Å²) < 4.78 is 54.1. The first-order valence-electron chi connectivity index (χ1n) is 7.06.